The minimum Gasteiger partial charge on any atom is -0.434 e. The maximum Gasteiger partial charge on any atom is 0.416 e. The lowest BCUT2D eigenvalue weighted by atomic mass is 10.1. The molecule has 222 valence electrons. The van der Waals surface area contributed by atoms with Crippen LogP contribution in [-0.4, -0.2) is 55.7 Å². The highest BCUT2D eigenvalue weighted by Crippen LogP contribution is 2.35. The van der Waals surface area contributed by atoms with Crippen LogP contribution in [0.2, 0.25) is 0 Å². The molecule has 3 aromatic carbocycles. The van der Waals surface area contributed by atoms with Crippen molar-refractivity contribution in [2.75, 3.05) is 60.9 Å². The van der Waals surface area contributed by atoms with Crippen LogP contribution >= 0.6 is 0 Å². The SMILES string of the molecule is C=C(CN1CCN(c2ccc(C(F)(F)F)cc2)CC1)Nc1ccc(-c2nc3cc(C#N)cc(N4CCCCC4)c3o2)cc1. The first-order chi connectivity index (χ1) is 20.8. The highest BCUT2D eigenvalue weighted by Gasteiger charge is 2.30. The number of rotatable bonds is 7. The van der Waals surface area contributed by atoms with Crippen molar-refractivity contribution in [2.45, 2.75) is 25.4 Å². The van der Waals surface area contributed by atoms with Crippen LogP contribution < -0.4 is 15.1 Å². The van der Waals surface area contributed by atoms with Gasteiger partial charge in [-0.2, -0.15) is 18.4 Å². The molecule has 0 aliphatic carbocycles. The minimum absolute atomic E-state index is 0.514. The van der Waals surface area contributed by atoms with Gasteiger partial charge in [-0.1, -0.05) is 6.58 Å². The Labute approximate surface area is 248 Å². The molecule has 10 heteroatoms. The van der Waals surface area contributed by atoms with E-state index < -0.39 is 11.7 Å². The molecule has 0 saturated carbocycles. The number of piperazine rings is 1. The lowest BCUT2D eigenvalue weighted by Gasteiger charge is -2.36. The van der Waals surface area contributed by atoms with Crippen molar-refractivity contribution >= 4 is 28.2 Å². The zero-order chi connectivity index (χ0) is 30.0. The number of fused-ring (bicyclic) bond motifs is 1. The zero-order valence-electron chi connectivity index (χ0n) is 23.8. The van der Waals surface area contributed by atoms with E-state index in [1.165, 1.54) is 6.42 Å². The van der Waals surface area contributed by atoms with E-state index in [-0.39, 0.29) is 0 Å². The molecule has 0 radical (unpaired) electrons. The lowest BCUT2D eigenvalue weighted by Crippen LogP contribution is -2.47. The lowest BCUT2D eigenvalue weighted by molar-refractivity contribution is -0.137. The molecule has 2 aliphatic heterocycles. The monoisotopic (exact) mass is 586 g/mol. The van der Waals surface area contributed by atoms with E-state index in [9.17, 15) is 18.4 Å². The first-order valence-corrected chi connectivity index (χ1v) is 14.6. The molecule has 2 fully saturated rings. The number of hydrogen-bond donors (Lipinski definition) is 1. The fourth-order valence-electron chi connectivity index (χ4n) is 5.81. The third kappa shape index (κ3) is 6.47. The quantitative estimate of drug-likeness (QED) is 0.247. The summed E-state index contributed by atoms with van der Waals surface area (Å²) in [5, 5.41) is 12.9. The van der Waals surface area contributed by atoms with Crippen molar-refractivity contribution in [3.8, 4) is 17.5 Å². The molecule has 3 heterocycles. The molecular weight excluding hydrogens is 553 g/mol. The molecule has 1 N–H and O–H groups in total. The number of hydrogen-bond acceptors (Lipinski definition) is 7. The number of nitrogens with one attached hydrogen (secondary N) is 1. The Morgan fingerprint density at radius 1 is 0.907 bits per heavy atom. The number of aromatic nitrogens is 1. The molecule has 0 spiro atoms. The van der Waals surface area contributed by atoms with Crippen molar-refractivity contribution in [1.82, 2.24) is 9.88 Å². The van der Waals surface area contributed by atoms with Gasteiger partial charge in [0.05, 0.1) is 22.9 Å². The summed E-state index contributed by atoms with van der Waals surface area (Å²) >= 11 is 0. The van der Waals surface area contributed by atoms with Gasteiger partial charge in [-0.25, -0.2) is 4.98 Å². The maximum absolute atomic E-state index is 12.9. The van der Waals surface area contributed by atoms with E-state index in [1.807, 2.05) is 30.3 Å². The van der Waals surface area contributed by atoms with Crippen molar-refractivity contribution in [1.29, 1.82) is 5.26 Å². The molecule has 4 aromatic rings. The van der Waals surface area contributed by atoms with Gasteiger partial charge in [0.25, 0.3) is 0 Å². The summed E-state index contributed by atoms with van der Waals surface area (Å²) in [5.41, 5.74) is 5.67. The summed E-state index contributed by atoms with van der Waals surface area (Å²) < 4.78 is 44.9. The Morgan fingerprint density at radius 2 is 1.60 bits per heavy atom. The molecule has 0 bridgehead atoms. The molecule has 2 aliphatic rings. The minimum atomic E-state index is -4.32. The molecule has 1 aromatic heterocycles. The number of benzene rings is 3. The molecule has 43 heavy (non-hydrogen) atoms. The van der Waals surface area contributed by atoms with Crippen LogP contribution in [0.3, 0.4) is 0 Å². The van der Waals surface area contributed by atoms with E-state index in [0.717, 1.165) is 92.6 Å². The van der Waals surface area contributed by atoms with Gasteiger partial charge in [-0.15, -0.1) is 0 Å². The van der Waals surface area contributed by atoms with Gasteiger partial charge in [0.2, 0.25) is 5.89 Å². The fraction of sp³-hybridized carbons (Fsp3) is 0.333. The predicted octanol–water partition coefficient (Wildman–Crippen LogP) is 7.12. The second kappa shape index (κ2) is 12.0. The number of oxazole rings is 1. The van der Waals surface area contributed by atoms with Crippen molar-refractivity contribution in [2.24, 2.45) is 0 Å². The van der Waals surface area contributed by atoms with Crippen LogP contribution in [0, 0.1) is 11.3 Å². The van der Waals surface area contributed by atoms with Gasteiger partial charge in [0, 0.05) is 68.4 Å². The smallest absolute Gasteiger partial charge is 0.416 e. The summed E-state index contributed by atoms with van der Waals surface area (Å²) in [4.78, 5) is 11.4. The largest absolute Gasteiger partial charge is 0.434 e. The predicted molar refractivity (Wildman–Crippen MR) is 163 cm³/mol. The van der Waals surface area contributed by atoms with E-state index in [1.54, 1.807) is 18.2 Å². The van der Waals surface area contributed by atoms with E-state index >= 15 is 0 Å². The summed E-state index contributed by atoms with van der Waals surface area (Å²) in [7, 11) is 0. The highest BCUT2D eigenvalue weighted by molar-refractivity contribution is 5.90. The van der Waals surface area contributed by atoms with Gasteiger partial charge in [0.1, 0.15) is 5.52 Å². The average molecular weight is 587 g/mol. The van der Waals surface area contributed by atoms with Crippen LogP contribution in [0.15, 0.2) is 77.4 Å². The van der Waals surface area contributed by atoms with Gasteiger partial charge in [-0.3, -0.25) is 4.90 Å². The number of piperidine rings is 1. The highest BCUT2D eigenvalue weighted by atomic mass is 19.4. The molecule has 7 nitrogen and oxygen atoms in total. The second-order valence-corrected chi connectivity index (χ2v) is 11.1. The van der Waals surface area contributed by atoms with E-state index in [0.29, 0.717) is 29.1 Å². The summed E-state index contributed by atoms with van der Waals surface area (Å²) in [6, 6.07) is 19.1. The van der Waals surface area contributed by atoms with E-state index in [4.69, 9.17) is 9.40 Å². The number of nitriles is 1. The molecule has 2 saturated heterocycles. The van der Waals surface area contributed by atoms with Gasteiger partial charge >= 0.3 is 6.18 Å². The number of alkyl halides is 3. The average Bonchev–Trinajstić information content (AvgIpc) is 3.45. The summed E-state index contributed by atoms with van der Waals surface area (Å²) in [6.45, 7) is 9.77. The van der Waals surface area contributed by atoms with Gasteiger partial charge in [-0.05, 0) is 79.9 Å². The van der Waals surface area contributed by atoms with Crippen molar-refractivity contribution in [3.63, 3.8) is 0 Å². The Morgan fingerprint density at radius 3 is 2.26 bits per heavy atom. The molecular formula is C33H33F3N6O. The topological polar surface area (TPSA) is 71.6 Å². The van der Waals surface area contributed by atoms with Crippen LogP contribution in [0.4, 0.5) is 30.2 Å². The Hall–Kier alpha value is -4.49. The third-order valence-corrected chi connectivity index (χ3v) is 8.10. The summed E-state index contributed by atoms with van der Waals surface area (Å²) in [6.07, 6.45) is -0.862. The Bertz CT molecular complexity index is 1620. The normalized spacial score (nSPS) is 16.3. The first kappa shape index (κ1) is 28.6. The zero-order valence-corrected chi connectivity index (χ0v) is 23.8. The van der Waals surface area contributed by atoms with Crippen LogP contribution in [0.1, 0.15) is 30.4 Å². The molecule has 0 amide bonds. The third-order valence-electron chi connectivity index (χ3n) is 8.10. The van der Waals surface area contributed by atoms with Crippen molar-refractivity contribution in [3.05, 3.63) is 84.1 Å². The summed E-state index contributed by atoms with van der Waals surface area (Å²) in [5.74, 6) is 0.514. The van der Waals surface area contributed by atoms with Gasteiger partial charge in [0.15, 0.2) is 5.58 Å². The first-order valence-electron chi connectivity index (χ1n) is 14.6. The number of nitrogens with zero attached hydrogens (tertiary/aromatic N) is 5. The number of anilines is 3. The van der Waals surface area contributed by atoms with Gasteiger partial charge < -0.3 is 19.5 Å². The van der Waals surface area contributed by atoms with Crippen LogP contribution in [0.5, 0.6) is 0 Å². The standard InChI is InChI=1S/C33H33F3N6O/c1-23(22-40-15-17-41(18-16-40)28-11-7-26(8-12-28)33(34,35)36)38-27-9-5-25(6-10-27)32-39-29-19-24(21-37)20-30(31(29)43-32)42-13-3-2-4-14-42/h5-12,19-20,38H,1-4,13-18,22H2. The molecule has 0 unspecified atom stereocenters. The van der Waals surface area contributed by atoms with Crippen molar-refractivity contribution < 1.29 is 17.6 Å². The van der Waals surface area contributed by atoms with Crippen LogP contribution in [-0.2, 0) is 6.18 Å². The second-order valence-electron chi connectivity index (χ2n) is 11.1. The Balaban J connectivity index is 1.05. The van der Waals surface area contributed by atoms with E-state index in [2.05, 4.69) is 32.7 Å². The number of halogens is 3. The molecule has 0 atom stereocenters. The molecule has 6 rings (SSSR count). The van der Waals surface area contributed by atoms with Crippen LogP contribution in [0.25, 0.3) is 22.6 Å². The maximum atomic E-state index is 12.9. The Kier molecular flexibility index (Phi) is 8.00. The fourth-order valence-corrected chi connectivity index (χ4v) is 5.81.